The summed E-state index contributed by atoms with van der Waals surface area (Å²) >= 11 is 0. The van der Waals surface area contributed by atoms with Crippen molar-refractivity contribution < 1.29 is 27.5 Å². The summed E-state index contributed by atoms with van der Waals surface area (Å²) in [6.45, 7) is 0. The van der Waals surface area contributed by atoms with Crippen molar-refractivity contribution in [3.05, 3.63) is 59.6 Å². The Hall–Kier alpha value is -3.03. The first-order valence-corrected chi connectivity index (χ1v) is 6.63. The highest BCUT2D eigenvalue weighted by Crippen LogP contribution is 2.35. The fourth-order valence-corrected chi connectivity index (χ4v) is 2.41. The van der Waals surface area contributed by atoms with Gasteiger partial charge in [0.05, 0.1) is 29.2 Å². The van der Waals surface area contributed by atoms with Crippen molar-refractivity contribution in [2.75, 3.05) is 0 Å². The van der Waals surface area contributed by atoms with Crippen molar-refractivity contribution in [2.45, 2.75) is 6.43 Å². The Kier molecular flexibility index (Phi) is 3.88. The van der Waals surface area contributed by atoms with Crippen LogP contribution < -0.4 is 0 Å². The van der Waals surface area contributed by atoms with E-state index in [1.807, 2.05) is 0 Å². The summed E-state index contributed by atoms with van der Waals surface area (Å²) < 4.78 is 54.2. The third-order valence-corrected chi connectivity index (χ3v) is 3.49. The summed E-state index contributed by atoms with van der Waals surface area (Å²) in [6, 6.07) is 3.37. The minimum Gasteiger partial charge on any atom is -0.478 e. The maximum absolute atomic E-state index is 14.0. The molecule has 4 nitrogen and oxygen atoms in total. The molecule has 0 unspecified atom stereocenters. The number of aromatic nitrogens is 2. The van der Waals surface area contributed by atoms with Crippen molar-refractivity contribution in [1.29, 1.82) is 0 Å². The van der Waals surface area contributed by atoms with Crippen molar-refractivity contribution in [1.82, 2.24) is 9.97 Å². The summed E-state index contributed by atoms with van der Waals surface area (Å²) in [5, 5.41) is 8.95. The minimum atomic E-state index is -2.88. The molecule has 3 aromatic rings. The lowest BCUT2D eigenvalue weighted by Crippen LogP contribution is -2.01. The lowest BCUT2D eigenvalue weighted by atomic mass is 9.99. The van der Waals surface area contributed by atoms with Crippen molar-refractivity contribution in [2.24, 2.45) is 0 Å². The van der Waals surface area contributed by atoms with Gasteiger partial charge in [0, 0.05) is 17.1 Å². The number of aromatic carboxylic acids is 1. The van der Waals surface area contributed by atoms with Gasteiger partial charge in [0.1, 0.15) is 0 Å². The smallest absolute Gasteiger partial charge is 0.335 e. The van der Waals surface area contributed by atoms with Crippen LogP contribution in [0, 0.1) is 11.6 Å². The van der Waals surface area contributed by atoms with Gasteiger partial charge in [-0.2, -0.15) is 0 Å². The summed E-state index contributed by atoms with van der Waals surface area (Å²) in [5.74, 6) is -3.37. The number of carboxylic acids is 1. The molecule has 0 radical (unpaired) electrons. The van der Waals surface area contributed by atoms with Gasteiger partial charge in [-0.1, -0.05) is 6.07 Å². The molecular formula is C16H8F4N2O2. The van der Waals surface area contributed by atoms with Gasteiger partial charge in [-0.25, -0.2) is 22.4 Å². The van der Waals surface area contributed by atoms with Gasteiger partial charge in [-0.3, -0.25) is 9.97 Å². The quantitative estimate of drug-likeness (QED) is 0.728. The lowest BCUT2D eigenvalue weighted by molar-refractivity contribution is 0.0697. The first kappa shape index (κ1) is 15.9. The molecule has 3 rings (SSSR count). The highest BCUT2D eigenvalue weighted by atomic mass is 19.3. The highest BCUT2D eigenvalue weighted by molar-refractivity contribution is 6.01. The molecule has 0 amide bonds. The number of pyridine rings is 2. The van der Waals surface area contributed by atoms with Crippen LogP contribution in [0.4, 0.5) is 17.6 Å². The van der Waals surface area contributed by atoms with Gasteiger partial charge in [0.15, 0.2) is 11.6 Å². The average Bonchev–Trinajstić information content (AvgIpc) is 2.53. The van der Waals surface area contributed by atoms with Crippen LogP contribution >= 0.6 is 0 Å². The van der Waals surface area contributed by atoms with Crippen molar-refractivity contribution in [3.63, 3.8) is 0 Å². The van der Waals surface area contributed by atoms with Gasteiger partial charge in [-0.15, -0.1) is 0 Å². The number of rotatable bonds is 3. The Morgan fingerprint density at radius 1 is 1.04 bits per heavy atom. The van der Waals surface area contributed by atoms with E-state index in [1.54, 1.807) is 0 Å². The second kappa shape index (κ2) is 5.88. The summed E-state index contributed by atoms with van der Waals surface area (Å²) in [5.41, 5.74) is -1.50. The number of halogens is 4. The number of nitrogens with zero attached hydrogens (tertiary/aromatic N) is 2. The molecule has 0 aliphatic heterocycles. The Balaban J connectivity index is 2.42. The molecule has 1 aromatic carbocycles. The van der Waals surface area contributed by atoms with Crippen LogP contribution in [0.3, 0.4) is 0 Å². The van der Waals surface area contributed by atoms with Crippen LogP contribution in [0.5, 0.6) is 0 Å². The third-order valence-electron chi connectivity index (χ3n) is 3.49. The highest BCUT2D eigenvalue weighted by Gasteiger charge is 2.21. The molecule has 0 spiro atoms. The maximum atomic E-state index is 14.0. The summed E-state index contributed by atoms with van der Waals surface area (Å²) in [4.78, 5) is 18.2. The number of carboxylic acid groups (broad SMARTS) is 1. The number of carbonyl (C=O) groups is 1. The molecule has 0 bridgehead atoms. The fraction of sp³-hybridized carbons (Fsp3) is 0.0625. The Morgan fingerprint density at radius 2 is 1.71 bits per heavy atom. The third kappa shape index (κ3) is 2.55. The van der Waals surface area contributed by atoms with Crippen molar-refractivity contribution in [3.8, 4) is 11.3 Å². The molecule has 0 saturated carbocycles. The average molecular weight is 336 g/mol. The van der Waals surface area contributed by atoms with Crippen LogP contribution in [-0.4, -0.2) is 21.0 Å². The number of fused-ring (bicyclic) bond motifs is 1. The number of benzene rings is 1. The van der Waals surface area contributed by atoms with Crippen LogP contribution in [0.25, 0.3) is 22.0 Å². The van der Waals surface area contributed by atoms with E-state index in [4.69, 9.17) is 5.11 Å². The molecule has 0 saturated heterocycles. The fourth-order valence-electron chi connectivity index (χ4n) is 2.41. The van der Waals surface area contributed by atoms with Gasteiger partial charge >= 0.3 is 5.97 Å². The second-order valence-corrected chi connectivity index (χ2v) is 4.91. The monoisotopic (exact) mass is 336 g/mol. The van der Waals surface area contributed by atoms with Gasteiger partial charge in [-0.05, 0) is 17.5 Å². The molecular weight excluding hydrogens is 328 g/mol. The van der Waals surface area contributed by atoms with E-state index in [0.717, 1.165) is 30.7 Å². The molecule has 0 atom stereocenters. The number of alkyl halides is 2. The zero-order valence-electron chi connectivity index (χ0n) is 11.8. The van der Waals surface area contributed by atoms with E-state index in [-0.39, 0.29) is 22.0 Å². The van der Waals surface area contributed by atoms with E-state index in [2.05, 4.69) is 9.97 Å². The van der Waals surface area contributed by atoms with Crippen LogP contribution in [0.1, 0.15) is 22.3 Å². The summed E-state index contributed by atoms with van der Waals surface area (Å²) in [7, 11) is 0. The van der Waals surface area contributed by atoms with E-state index >= 15 is 0 Å². The van der Waals surface area contributed by atoms with Crippen molar-refractivity contribution >= 4 is 16.7 Å². The molecule has 122 valence electrons. The lowest BCUT2D eigenvalue weighted by Gasteiger charge is -2.12. The molecule has 0 fully saturated rings. The van der Waals surface area contributed by atoms with Crippen LogP contribution in [-0.2, 0) is 0 Å². The predicted molar refractivity (Wildman–Crippen MR) is 76.8 cm³/mol. The molecule has 2 heterocycles. The maximum Gasteiger partial charge on any atom is 0.335 e. The zero-order chi connectivity index (χ0) is 17.4. The van der Waals surface area contributed by atoms with E-state index in [9.17, 15) is 22.4 Å². The minimum absolute atomic E-state index is 0.0318. The number of hydrogen-bond donors (Lipinski definition) is 1. The first-order chi connectivity index (χ1) is 11.4. The second-order valence-electron chi connectivity index (χ2n) is 4.91. The van der Waals surface area contributed by atoms with E-state index in [1.165, 1.54) is 6.07 Å². The SMILES string of the molecule is O=C(O)c1ccc2c(C(F)F)cnc(-c3c(F)cncc3F)c2c1. The van der Waals surface area contributed by atoms with Gasteiger partial charge < -0.3 is 5.11 Å². The topological polar surface area (TPSA) is 63.1 Å². The Labute approximate surface area is 132 Å². The van der Waals surface area contributed by atoms with E-state index < -0.39 is 35.2 Å². The molecule has 8 heteroatoms. The molecule has 2 aromatic heterocycles. The Morgan fingerprint density at radius 3 is 2.29 bits per heavy atom. The Bertz CT molecular complexity index is 940. The molecule has 0 aliphatic rings. The first-order valence-electron chi connectivity index (χ1n) is 6.63. The van der Waals surface area contributed by atoms with Gasteiger partial charge in [0.25, 0.3) is 6.43 Å². The standard InChI is InChI=1S/C16H8F4N2O2/c17-11-5-21-6-12(18)13(11)14-9-3-7(16(23)24)1-2-8(9)10(4-22-14)15(19)20/h1-6,15H,(H,23,24). The van der Waals surface area contributed by atoms with Crippen LogP contribution in [0.2, 0.25) is 0 Å². The summed E-state index contributed by atoms with van der Waals surface area (Å²) in [6.07, 6.45) is -0.541. The van der Waals surface area contributed by atoms with Crippen LogP contribution in [0.15, 0.2) is 36.8 Å². The molecule has 0 aliphatic carbocycles. The number of hydrogen-bond acceptors (Lipinski definition) is 3. The van der Waals surface area contributed by atoms with Gasteiger partial charge in [0.2, 0.25) is 0 Å². The zero-order valence-corrected chi connectivity index (χ0v) is 11.8. The largest absolute Gasteiger partial charge is 0.478 e. The predicted octanol–water partition coefficient (Wildman–Crippen LogP) is 4.21. The molecule has 1 N–H and O–H groups in total. The normalized spacial score (nSPS) is 11.2. The van der Waals surface area contributed by atoms with E-state index in [0.29, 0.717) is 0 Å². The molecule has 24 heavy (non-hydrogen) atoms.